The Labute approximate surface area is 76.1 Å². The van der Waals surface area contributed by atoms with Crippen LogP contribution in [-0.2, 0) is 0 Å². The molecule has 1 aromatic rings. The third-order valence-corrected chi connectivity index (χ3v) is 1.39. The number of rotatable bonds is 4. The van der Waals surface area contributed by atoms with Crippen LogP contribution in [0.4, 0.5) is 4.79 Å². The Hall–Kier alpha value is -1.71. The maximum absolute atomic E-state index is 10.0. The van der Waals surface area contributed by atoms with Crippen molar-refractivity contribution in [1.82, 2.24) is 5.32 Å². The van der Waals surface area contributed by atoms with Crippen LogP contribution in [0, 0.1) is 0 Å². The average Bonchev–Trinajstić information content (AvgIpc) is 2.14. The first-order chi connectivity index (χ1) is 6.29. The Kier molecular flexibility index (Phi) is 3.63. The lowest BCUT2D eigenvalue weighted by Gasteiger charge is -2.04. The largest absolute Gasteiger partial charge is 0.492 e. The van der Waals surface area contributed by atoms with Gasteiger partial charge >= 0.3 is 6.09 Å². The lowest BCUT2D eigenvalue weighted by Crippen LogP contribution is -2.26. The Morgan fingerprint density at radius 2 is 2.08 bits per heavy atom. The molecule has 70 valence electrons. The van der Waals surface area contributed by atoms with E-state index in [1.165, 1.54) is 0 Å². The molecular weight excluding hydrogens is 170 g/mol. The zero-order chi connectivity index (χ0) is 9.52. The first-order valence-electron chi connectivity index (χ1n) is 3.93. The van der Waals surface area contributed by atoms with Crippen molar-refractivity contribution in [3.05, 3.63) is 30.3 Å². The second kappa shape index (κ2) is 5.03. The molecule has 0 saturated heterocycles. The predicted molar refractivity (Wildman–Crippen MR) is 48.0 cm³/mol. The number of hydrogen-bond acceptors (Lipinski definition) is 2. The van der Waals surface area contributed by atoms with Gasteiger partial charge in [0, 0.05) is 0 Å². The minimum absolute atomic E-state index is 0.296. The highest BCUT2D eigenvalue weighted by molar-refractivity contribution is 5.64. The summed E-state index contributed by atoms with van der Waals surface area (Å²) in [6, 6.07) is 9.25. The van der Waals surface area contributed by atoms with Gasteiger partial charge in [-0.15, -0.1) is 0 Å². The molecule has 13 heavy (non-hydrogen) atoms. The van der Waals surface area contributed by atoms with Gasteiger partial charge in [0.2, 0.25) is 0 Å². The highest BCUT2D eigenvalue weighted by Gasteiger charge is 1.93. The molecule has 2 N–H and O–H groups in total. The first-order valence-corrected chi connectivity index (χ1v) is 3.93. The SMILES string of the molecule is O=C(O)NCCOc1ccccc1. The van der Waals surface area contributed by atoms with Crippen LogP contribution in [0.5, 0.6) is 5.75 Å². The zero-order valence-corrected chi connectivity index (χ0v) is 7.06. The quantitative estimate of drug-likeness (QED) is 0.689. The van der Waals surface area contributed by atoms with Crippen molar-refractivity contribution in [3.63, 3.8) is 0 Å². The molecule has 0 aliphatic heterocycles. The molecule has 0 aromatic heterocycles. The Morgan fingerprint density at radius 1 is 1.38 bits per heavy atom. The standard InChI is InChI=1S/C9H11NO3/c11-9(12)10-6-7-13-8-4-2-1-3-5-8/h1-5,10H,6-7H2,(H,11,12). The highest BCUT2D eigenvalue weighted by Crippen LogP contribution is 2.07. The van der Waals surface area contributed by atoms with Crippen molar-refractivity contribution in [3.8, 4) is 5.75 Å². The van der Waals surface area contributed by atoms with E-state index in [1.54, 1.807) is 0 Å². The van der Waals surface area contributed by atoms with Gasteiger partial charge in [-0.25, -0.2) is 4.79 Å². The van der Waals surface area contributed by atoms with Crippen LogP contribution in [0.3, 0.4) is 0 Å². The molecule has 0 saturated carbocycles. The number of carbonyl (C=O) groups is 1. The molecule has 4 heteroatoms. The van der Waals surface area contributed by atoms with E-state index < -0.39 is 6.09 Å². The van der Waals surface area contributed by atoms with Gasteiger partial charge in [-0.1, -0.05) is 18.2 Å². The first kappa shape index (κ1) is 9.38. The summed E-state index contributed by atoms with van der Waals surface area (Å²) < 4.78 is 5.23. The molecule has 0 aliphatic rings. The molecule has 1 amide bonds. The predicted octanol–water partition coefficient (Wildman–Crippen LogP) is 1.33. The minimum atomic E-state index is -1.03. The highest BCUT2D eigenvalue weighted by atomic mass is 16.5. The van der Waals surface area contributed by atoms with Crippen LogP contribution < -0.4 is 10.1 Å². The van der Waals surface area contributed by atoms with Crippen LogP contribution in [0.2, 0.25) is 0 Å². The van der Waals surface area contributed by atoms with Gasteiger partial charge in [0.25, 0.3) is 0 Å². The number of nitrogens with one attached hydrogen (secondary N) is 1. The maximum atomic E-state index is 10.0. The summed E-state index contributed by atoms with van der Waals surface area (Å²) in [4.78, 5) is 10.0. The lowest BCUT2D eigenvalue weighted by atomic mass is 10.3. The van der Waals surface area contributed by atoms with Crippen LogP contribution in [0.1, 0.15) is 0 Å². The normalized spacial score (nSPS) is 9.23. The zero-order valence-electron chi connectivity index (χ0n) is 7.06. The number of carboxylic acid groups (broad SMARTS) is 1. The monoisotopic (exact) mass is 181 g/mol. The van der Waals surface area contributed by atoms with Crippen LogP contribution in [0.15, 0.2) is 30.3 Å². The molecular formula is C9H11NO3. The smallest absolute Gasteiger partial charge is 0.404 e. The number of amides is 1. The average molecular weight is 181 g/mol. The summed E-state index contributed by atoms with van der Waals surface area (Å²) in [5.74, 6) is 0.745. The number of ether oxygens (including phenoxy) is 1. The van der Waals surface area contributed by atoms with Crippen molar-refractivity contribution in [2.45, 2.75) is 0 Å². The van der Waals surface area contributed by atoms with Crippen molar-refractivity contribution >= 4 is 6.09 Å². The van der Waals surface area contributed by atoms with Gasteiger partial charge < -0.3 is 15.2 Å². The number of benzene rings is 1. The van der Waals surface area contributed by atoms with Crippen LogP contribution in [0.25, 0.3) is 0 Å². The van der Waals surface area contributed by atoms with E-state index in [0.29, 0.717) is 13.2 Å². The molecule has 0 bridgehead atoms. The maximum Gasteiger partial charge on any atom is 0.404 e. The van der Waals surface area contributed by atoms with Crippen molar-refractivity contribution in [2.75, 3.05) is 13.2 Å². The number of para-hydroxylation sites is 1. The van der Waals surface area contributed by atoms with E-state index >= 15 is 0 Å². The van der Waals surface area contributed by atoms with Crippen LogP contribution in [-0.4, -0.2) is 24.4 Å². The van der Waals surface area contributed by atoms with Gasteiger partial charge in [-0.2, -0.15) is 0 Å². The van der Waals surface area contributed by atoms with Crippen molar-refractivity contribution < 1.29 is 14.6 Å². The van der Waals surface area contributed by atoms with Gasteiger partial charge in [0.15, 0.2) is 0 Å². The molecule has 4 nitrogen and oxygen atoms in total. The van der Waals surface area contributed by atoms with E-state index in [0.717, 1.165) is 5.75 Å². The minimum Gasteiger partial charge on any atom is -0.492 e. The fraction of sp³-hybridized carbons (Fsp3) is 0.222. The topological polar surface area (TPSA) is 58.6 Å². The van der Waals surface area contributed by atoms with E-state index in [-0.39, 0.29) is 0 Å². The van der Waals surface area contributed by atoms with Gasteiger partial charge in [-0.3, -0.25) is 0 Å². The Bertz CT molecular complexity index is 261. The van der Waals surface area contributed by atoms with E-state index in [9.17, 15) is 4.79 Å². The summed E-state index contributed by atoms with van der Waals surface area (Å²) in [7, 11) is 0. The Morgan fingerprint density at radius 3 is 2.69 bits per heavy atom. The summed E-state index contributed by atoms with van der Waals surface area (Å²) in [6.45, 7) is 0.639. The molecule has 0 radical (unpaired) electrons. The summed E-state index contributed by atoms with van der Waals surface area (Å²) in [5.41, 5.74) is 0. The summed E-state index contributed by atoms with van der Waals surface area (Å²) >= 11 is 0. The molecule has 0 aliphatic carbocycles. The van der Waals surface area contributed by atoms with Gasteiger partial charge in [0.05, 0.1) is 6.54 Å². The molecule has 0 atom stereocenters. The lowest BCUT2D eigenvalue weighted by molar-refractivity contribution is 0.191. The second-order valence-electron chi connectivity index (χ2n) is 2.39. The molecule has 0 unspecified atom stereocenters. The molecule has 0 fully saturated rings. The third-order valence-electron chi connectivity index (χ3n) is 1.39. The second-order valence-corrected chi connectivity index (χ2v) is 2.39. The molecule has 0 heterocycles. The van der Waals surface area contributed by atoms with Crippen LogP contribution >= 0.6 is 0 Å². The summed E-state index contributed by atoms with van der Waals surface area (Å²) in [5, 5.41) is 10.5. The fourth-order valence-electron chi connectivity index (χ4n) is 0.844. The van der Waals surface area contributed by atoms with Gasteiger partial charge in [0.1, 0.15) is 12.4 Å². The van der Waals surface area contributed by atoms with Crippen molar-refractivity contribution in [1.29, 1.82) is 0 Å². The Balaban J connectivity index is 2.17. The third kappa shape index (κ3) is 4.00. The fourth-order valence-corrected chi connectivity index (χ4v) is 0.844. The van der Waals surface area contributed by atoms with Gasteiger partial charge in [-0.05, 0) is 12.1 Å². The molecule has 1 aromatic carbocycles. The summed E-state index contributed by atoms with van der Waals surface area (Å²) in [6.07, 6.45) is -1.03. The molecule has 1 rings (SSSR count). The van der Waals surface area contributed by atoms with E-state index in [4.69, 9.17) is 9.84 Å². The van der Waals surface area contributed by atoms with E-state index in [1.807, 2.05) is 30.3 Å². The van der Waals surface area contributed by atoms with E-state index in [2.05, 4.69) is 5.32 Å². The van der Waals surface area contributed by atoms with Crippen molar-refractivity contribution in [2.24, 2.45) is 0 Å². The molecule has 0 spiro atoms. The number of hydrogen-bond donors (Lipinski definition) is 2.